The topological polar surface area (TPSA) is 75.0 Å². The van der Waals surface area contributed by atoms with Crippen LogP contribution >= 0.6 is 23.7 Å². The van der Waals surface area contributed by atoms with Crippen molar-refractivity contribution in [3.63, 3.8) is 0 Å². The molecule has 3 unspecified atom stereocenters. The molecule has 2 fully saturated rings. The maximum Gasteiger partial charge on any atom is 0.259 e. The van der Waals surface area contributed by atoms with Crippen LogP contribution in [0.25, 0.3) is 10.2 Å². The van der Waals surface area contributed by atoms with Gasteiger partial charge < -0.3 is 10.7 Å². The maximum atomic E-state index is 12.3. The highest BCUT2D eigenvalue weighted by molar-refractivity contribution is 7.18. The standard InChI is InChI=1S/C16H22N4OS.ClH/c1-8-9(2)22-16-14(8)15(21)18-13(19-16)7-20-5-10-3-4-12(17)11(10)6-20;/h10-12H,3-7,17H2,1-2H3,(H,18,19,21);1H. The van der Waals surface area contributed by atoms with Gasteiger partial charge in [0.25, 0.3) is 5.56 Å². The van der Waals surface area contributed by atoms with E-state index in [0.717, 1.165) is 53.6 Å². The second-order valence-corrected chi connectivity index (χ2v) is 8.04. The van der Waals surface area contributed by atoms with Crippen molar-refractivity contribution in [2.45, 2.75) is 39.3 Å². The van der Waals surface area contributed by atoms with Crippen molar-refractivity contribution < 1.29 is 0 Å². The van der Waals surface area contributed by atoms with Gasteiger partial charge in [0.1, 0.15) is 10.7 Å². The van der Waals surface area contributed by atoms with E-state index < -0.39 is 0 Å². The van der Waals surface area contributed by atoms with Gasteiger partial charge >= 0.3 is 0 Å². The number of aryl methyl sites for hydroxylation is 2. The molecule has 2 aromatic rings. The van der Waals surface area contributed by atoms with Gasteiger partial charge in [-0.3, -0.25) is 9.69 Å². The summed E-state index contributed by atoms with van der Waals surface area (Å²) in [5, 5.41) is 0.756. The molecule has 0 aromatic carbocycles. The quantitative estimate of drug-likeness (QED) is 0.866. The summed E-state index contributed by atoms with van der Waals surface area (Å²) in [7, 11) is 0. The largest absolute Gasteiger partial charge is 0.327 e. The number of aromatic nitrogens is 2. The highest BCUT2D eigenvalue weighted by Crippen LogP contribution is 2.37. The number of halogens is 1. The molecular weight excluding hydrogens is 332 g/mol. The fourth-order valence-electron chi connectivity index (χ4n) is 4.11. The first-order valence-electron chi connectivity index (χ1n) is 7.99. The Bertz CT molecular complexity index is 786. The van der Waals surface area contributed by atoms with Crippen LogP contribution in [0.5, 0.6) is 0 Å². The molecule has 4 rings (SSSR count). The predicted molar refractivity (Wildman–Crippen MR) is 96.4 cm³/mol. The van der Waals surface area contributed by atoms with E-state index in [2.05, 4.69) is 14.9 Å². The number of fused-ring (bicyclic) bond motifs is 2. The highest BCUT2D eigenvalue weighted by Gasteiger charge is 2.40. The number of nitrogens with two attached hydrogens (primary N) is 1. The number of rotatable bonds is 2. The van der Waals surface area contributed by atoms with Crippen molar-refractivity contribution in [3.8, 4) is 0 Å². The lowest BCUT2D eigenvalue weighted by molar-refractivity contribution is 0.291. The molecule has 2 aliphatic rings. The van der Waals surface area contributed by atoms with E-state index in [1.807, 2.05) is 13.8 Å². The number of hydrogen-bond donors (Lipinski definition) is 2. The molecule has 1 aliphatic heterocycles. The lowest BCUT2D eigenvalue weighted by Gasteiger charge is -2.17. The Labute approximate surface area is 145 Å². The molecule has 3 atom stereocenters. The molecule has 0 bridgehead atoms. The van der Waals surface area contributed by atoms with Crippen LogP contribution in [0.4, 0.5) is 0 Å². The number of aromatic amines is 1. The van der Waals surface area contributed by atoms with E-state index in [1.54, 1.807) is 11.3 Å². The van der Waals surface area contributed by atoms with Gasteiger partial charge in [0.2, 0.25) is 0 Å². The third-order valence-corrected chi connectivity index (χ3v) is 6.55. The van der Waals surface area contributed by atoms with E-state index in [0.29, 0.717) is 12.0 Å². The van der Waals surface area contributed by atoms with Gasteiger partial charge in [0, 0.05) is 24.0 Å². The van der Waals surface area contributed by atoms with Crippen molar-refractivity contribution in [1.29, 1.82) is 0 Å². The Morgan fingerprint density at radius 2 is 2.13 bits per heavy atom. The molecule has 7 heteroatoms. The Morgan fingerprint density at radius 1 is 1.35 bits per heavy atom. The Hall–Kier alpha value is -0.950. The summed E-state index contributed by atoms with van der Waals surface area (Å²) in [6, 6.07) is 0.354. The Balaban J connectivity index is 0.00000156. The number of nitrogens with one attached hydrogen (secondary N) is 1. The first-order valence-corrected chi connectivity index (χ1v) is 8.81. The summed E-state index contributed by atoms with van der Waals surface area (Å²) in [5.74, 6) is 2.14. The summed E-state index contributed by atoms with van der Waals surface area (Å²) in [6.45, 7) is 6.89. The third kappa shape index (κ3) is 2.82. The molecule has 3 heterocycles. The van der Waals surface area contributed by atoms with Gasteiger partial charge in [-0.25, -0.2) is 4.98 Å². The van der Waals surface area contributed by atoms with Crippen LogP contribution in [-0.4, -0.2) is 34.0 Å². The van der Waals surface area contributed by atoms with Crippen LogP contribution in [0.3, 0.4) is 0 Å². The zero-order valence-corrected chi connectivity index (χ0v) is 15.1. The summed E-state index contributed by atoms with van der Waals surface area (Å²) in [4.78, 5) is 24.4. The monoisotopic (exact) mass is 354 g/mol. The fourth-order valence-corrected chi connectivity index (χ4v) is 5.16. The Kier molecular flexibility index (Phi) is 4.53. The van der Waals surface area contributed by atoms with Gasteiger partial charge in [-0.05, 0) is 44.1 Å². The second-order valence-electron chi connectivity index (χ2n) is 6.84. The molecule has 5 nitrogen and oxygen atoms in total. The van der Waals surface area contributed by atoms with Crippen molar-refractivity contribution in [2.24, 2.45) is 17.6 Å². The van der Waals surface area contributed by atoms with Crippen molar-refractivity contribution in [2.75, 3.05) is 13.1 Å². The molecule has 1 saturated carbocycles. The second kappa shape index (κ2) is 6.16. The van der Waals surface area contributed by atoms with E-state index in [1.165, 1.54) is 11.3 Å². The zero-order valence-electron chi connectivity index (χ0n) is 13.5. The van der Waals surface area contributed by atoms with Crippen LogP contribution in [0.1, 0.15) is 29.1 Å². The summed E-state index contributed by atoms with van der Waals surface area (Å²) < 4.78 is 0. The first kappa shape index (κ1) is 16.9. The van der Waals surface area contributed by atoms with Crippen LogP contribution in [0.2, 0.25) is 0 Å². The zero-order chi connectivity index (χ0) is 15.4. The first-order chi connectivity index (χ1) is 10.5. The fraction of sp³-hybridized carbons (Fsp3) is 0.625. The molecule has 23 heavy (non-hydrogen) atoms. The highest BCUT2D eigenvalue weighted by atomic mass is 35.5. The average molecular weight is 355 g/mol. The number of likely N-dealkylation sites (tertiary alicyclic amines) is 1. The lowest BCUT2D eigenvalue weighted by atomic mass is 9.98. The maximum absolute atomic E-state index is 12.3. The molecule has 1 aliphatic carbocycles. The van der Waals surface area contributed by atoms with E-state index >= 15 is 0 Å². The number of thiophene rings is 1. The van der Waals surface area contributed by atoms with Gasteiger partial charge in [-0.2, -0.15) is 0 Å². The van der Waals surface area contributed by atoms with Crippen molar-refractivity contribution in [3.05, 3.63) is 26.6 Å². The minimum atomic E-state index is -0.00191. The average Bonchev–Trinajstić information content (AvgIpc) is 3.08. The Morgan fingerprint density at radius 3 is 2.87 bits per heavy atom. The minimum absolute atomic E-state index is 0. The third-order valence-electron chi connectivity index (χ3n) is 5.45. The molecular formula is C16H23ClN4OS. The van der Waals surface area contributed by atoms with Crippen LogP contribution in [0, 0.1) is 25.7 Å². The van der Waals surface area contributed by atoms with Crippen LogP contribution in [-0.2, 0) is 6.54 Å². The minimum Gasteiger partial charge on any atom is -0.327 e. The molecule has 0 spiro atoms. The summed E-state index contributed by atoms with van der Waals surface area (Å²) >= 11 is 1.61. The normalized spacial score (nSPS) is 27.3. The molecule has 2 aromatic heterocycles. The lowest BCUT2D eigenvalue weighted by Crippen LogP contribution is -2.30. The van der Waals surface area contributed by atoms with Crippen LogP contribution < -0.4 is 11.3 Å². The molecule has 0 amide bonds. The SMILES string of the molecule is Cc1sc2nc(CN3CC4CCC(N)C4C3)[nH]c(=O)c2c1C.Cl. The summed E-state index contributed by atoms with van der Waals surface area (Å²) in [6.07, 6.45) is 2.41. The number of hydrogen-bond acceptors (Lipinski definition) is 5. The van der Waals surface area contributed by atoms with Gasteiger partial charge in [-0.1, -0.05) is 0 Å². The molecule has 126 valence electrons. The number of nitrogens with zero attached hydrogens (tertiary/aromatic N) is 2. The number of H-pyrrole nitrogens is 1. The van der Waals surface area contributed by atoms with Gasteiger partial charge in [0.15, 0.2) is 0 Å². The van der Waals surface area contributed by atoms with Gasteiger partial charge in [0.05, 0.1) is 11.9 Å². The van der Waals surface area contributed by atoms with Crippen LogP contribution in [0.15, 0.2) is 4.79 Å². The van der Waals surface area contributed by atoms with E-state index in [9.17, 15) is 4.79 Å². The smallest absolute Gasteiger partial charge is 0.259 e. The van der Waals surface area contributed by atoms with E-state index in [-0.39, 0.29) is 18.0 Å². The van der Waals surface area contributed by atoms with Crippen molar-refractivity contribution in [1.82, 2.24) is 14.9 Å². The molecule has 0 radical (unpaired) electrons. The summed E-state index contributed by atoms with van der Waals surface area (Å²) in [5.41, 5.74) is 7.25. The molecule has 1 saturated heterocycles. The molecule has 3 N–H and O–H groups in total. The van der Waals surface area contributed by atoms with E-state index in [4.69, 9.17) is 5.73 Å². The predicted octanol–water partition coefficient (Wildman–Crippen LogP) is 2.19. The van der Waals surface area contributed by atoms with Gasteiger partial charge in [-0.15, -0.1) is 23.7 Å². The van der Waals surface area contributed by atoms with Crippen molar-refractivity contribution >= 4 is 34.0 Å².